The number of nitrogens with one attached hydrogen (secondary N) is 2. The lowest BCUT2D eigenvalue weighted by atomic mass is 9.89. The molecule has 3 rings (SSSR count). The molecule has 3 atom stereocenters. The molecule has 3 unspecified atom stereocenters. The van der Waals surface area contributed by atoms with E-state index in [-0.39, 0.29) is 36.1 Å². The van der Waals surface area contributed by atoms with E-state index in [0.29, 0.717) is 37.9 Å². The molecule has 0 spiro atoms. The summed E-state index contributed by atoms with van der Waals surface area (Å²) in [5.41, 5.74) is 1.18. The molecule has 2 heterocycles. The Labute approximate surface area is 187 Å². The SMILES string of the molecule is CN=C(NCC1CCCOC1c1ccccc1)NC1CCN(CC(F)(F)F)C1.I. The summed E-state index contributed by atoms with van der Waals surface area (Å²) >= 11 is 0. The fourth-order valence-electron chi connectivity index (χ4n) is 4.03. The zero-order valence-electron chi connectivity index (χ0n) is 16.6. The Morgan fingerprint density at radius 2 is 2.00 bits per heavy atom. The summed E-state index contributed by atoms with van der Waals surface area (Å²) in [6, 6.07) is 10.2. The number of hydrogen-bond donors (Lipinski definition) is 2. The topological polar surface area (TPSA) is 48.9 Å². The monoisotopic (exact) mass is 526 g/mol. The molecule has 2 saturated heterocycles. The lowest BCUT2D eigenvalue weighted by Crippen LogP contribution is -2.47. The van der Waals surface area contributed by atoms with E-state index in [4.69, 9.17) is 4.74 Å². The number of ether oxygens (including phenoxy) is 1. The summed E-state index contributed by atoms with van der Waals surface area (Å²) in [6.45, 7) is 1.44. The van der Waals surface area contributed by atoms with Crippen LogP contribution in [0, 0.1) is 5.92 Å². The average molecular weight is 526 g/mol. The fourth-order valence-corrected chi connectivity index (χ4v) is 4.03. The second kappa shape index (κ2) is 11.4. The maximum atomic E-state index is 12.6. The molecule has 2 fully saturated rings. The van der Waals surface area contributed by atoms with Crippen LogP contribution >= 0.6 is 24.0 Å². The molecule has 0 radical (unpaired) electrons. The molecule has 29 heavy (non-hydrogen) atoms. The van der Waals surface area contributed by atoms with Crippen molar-refractivity contribution in [3.63, 3.8) is 0 Å². The molecule has 1 aromatic rings. The van der Waals surface area contributed by atoms with Crippen molar-refractivity contribution in [1.29, 1.82) is 0 Å². The van der Waals surface area contributed by atoms with Crippen LogP contribution in [-0.2, 0) is 4.74 Å². The maximum absolute atomic E-state index is 12.6. The van der Waals surface area contributed by atoms with Crippen LogP contribution in [0.5, 0.6) is 0 Å². The lowest BCUT2D eigenvalue weighted by Gasteiger charge is -2.33. The van der Waals surface area contributed by atoms with Crippen molar-refractivity contribution in [3.05, 3.63) is 35.9 Å². The van der Waals surface area contributed by atoms with E-state index in [1.54, 1.807) is 7.05 Å². The summed E-state index contributed by atoms with van der Waals surface area (Å²) in [6.07, 6.45) is -1.34. The van der Waals surface area contributed by atoms with E-state index >= 15 is 0 Å². The molecule has 0 aliphatic carbocycles. The molecule has 5 nitrogen and oxygen atoms in total. The third-order valence-electron chi connectivity index (χ3n) is 5.34. The van der Waals surface area contributed by atoms with Gasteiger partial charge in [-0.15, -0.1) is 24.0 Å². The van der Waals surface area contributed by atoms with Crippen LogP contribution in [0.2, 0.25) is 0 Å². The molecule has 164 valence electrons. The van der Waals surface area contributed by atoms with E-state index in [1.807, 2.05) is 18.2 Å². The number of guanidine groups is 1. The van der Waals surface area contributed by atoms with E-state index in [0.717, 1.165) is 19.4 Å². The van der Waals surface area contributed by atoms with Gasteiger partial charge in [0.2, 0.25) is 0 Å². The lowest BCUT2D eigenvalue weighted by molar-refractivity contribution is -0.143. The van der Waals surface area contributed by atoms with Gasteiger partial charge < -0.3 is 15.4 Å². The van der Waals surface area contributed by atoms with Gasteiger partial charge in [-0.2, -0.15) is 13.2 Å². The molecule has 1 aromatic carbocycles. The summed E-state index contributed by atoms with van der Waals surface area (Å²) in [7, 11) is 1.68. The number of aliphatic imine (C=N–C) groups is 1. The van der Waals surface area contributed by atoms with Crippen LogP contribution in [0.25, 0.3) is 0 Å². The first kappa shape index (κ1) is 24.2. The van der Waals surface area contributed by atoms with Gasteiger partial charge in [0.05, 0.1) is 12.6 Å². The summed E-state index contributed by atoms with van der Waals surface area (Å²) in [5.74, 6) is 0.955. The largest absolute Gasteiger partial charge is 0.401 e. The normalized spacial score (nSPS) is 26.1. The van der Waals surface area contributed by atoms with Crippen LogP contribution in [0.15, 0.2) is 35.3 Å². The van der Waals surface area contributed by atoms with Crippen molar-refractivity contribution in [2.45, 2.75) is 37.6 Å². The third-order valence-corrected chi connectivity index (χ3v) is 5.34. The van der Waals surface area contributed by atoms with Gasteiger partial charge in [-0.05, 0) is 24.8 Å². The second-order valence-electron chi connectivity index (χ2n) is 7.54. The molecular formula is C20H30F3IN4O. The Morgan fingerprint density at radius 1 is 1.24 bits per heavy atom. The summed E-state index contributed by atoms with van der Waals surface area (Å²) in [4.78, 5) is 5.68. The van der Waals surface area contributed by atoms with Gasteiger partial charge in [0.15, 0.2) is 5.96 Å². The number of rotatable bonds is 5. The zero-order chi connectivity index (χ0) is 20.0. The predicted octanol–water partition coefficient (Wildman–Crippen LogP) is 3.57. The van der Waals surface area contributed by atoms with Gasteiger partial charge >= 0.3 is 6.18 Å². The first-order valence-electron chi connectivity index (χ1n) is 9.87. The molecule has 9 heteroatoms. The fraction of sp³-hybridized carbons (Fsp3) is 0.650. The summed E-state index contributed by atoms with van der Waals surface area (Å²) < 4.78 is 43.7. The Morgan fingerprint density at radius 3 is 2.69 bits per heavy atom. The molecule has 0 aromatic heterocycles. The van der Waals surface area contributed by atoms with Gasteiger partial charge in [0, 0.05) is 45.2 Å². The minimum Gasteiger partial charge on any atom is -0.373 e. The van der Waals surface area contributed by atoms with Gasteiger partial charge in [0.25, 0.3) is 0 Å². The minimum absolute atomic E-state index is 0. The minimum atomic E-state index is -4.15. The van der Waals surface area contributed by atoms with Gasteiger partial charge in [0.1, 0.15) is 0 Å². The average Bonchev–Trinajstić information content (AvgIpc) is 3.11. The Hall–Kier alpha value is -1.07. The Bertz CT molecular complexity index is 644. The number of likely N-dealkylation sites (tertiary alicyclic amines) is 1. The van der Waals surface area contributed by atoms with Crippen LogP contribution in [0.1, 0.15) is 30.9 Å². The first-order chi connectivity index (χ1) is 13.4. The highest BCUT2D eigenvalue weighted by Crippen LogP contribution is 2.33. The van der Waals surface area contributed by atoms with E-state index in [2.05, 4.69) is 27.8 Å². The third kappa shape index (κ3) is 7.60. The highest BCUT2D eigenvalue weighted by molar-refractivity contribution is 14.0. The van der Waals surface area contributed by atoms with Crippen LogP contribution < -0.4 is 10.6 Å². The number of halogens is 4. The molecular weight excluding hydrogens is 496 g/mol. The molecule has 0 saturated carbocycles. The van der Waals surface area contributed by atoms with E-state index < -0.39 is 12.7 Å². The van der Waals surface area contributed by atoms with Crippen LogP contribution in [0.4, 0.5) is 13.2 Å². The molecule has 2 aliphatic rings. The van der Waals surface area contributed by atoms with Gasteiger partial charge in [-0.3, -0.25) is 9.89 Å². The van der Waals surface area contributed by atoms with E-state index in [9.17, 15) is 13.2 Å². The van der Waals surface area contributed by atoms with Crippen molar-refractivity contribution in [3.8, 4) is 0 Å². The molecule has 2 aliphatic heterocycles. The van der Waals surface area contributed by atoms with E-state index in [1.165, 1.54) is 10.5 Å². The first-order valence-corrected chi connectivity index (χ1v) is 9.87. The quantitative estimate of drug-likeness (QED) is 0.350. The predicted molar refractivity (Wildman–Crippen MR) is 119 cm³/mol. The van der Waals surface area contributed by atoms with Gasteiger partial charge in [-0.25, -0.2) is 0 Å². The number of benzene rings is 1. The Kier molecular flexibility index (Phi) is 9.48. The Balaban J connectivity index is 0.00000300. The second-order valence-corrected chi connectivity index (χ2v) is 7.54. The molecule has 2 N–H and O–H groups in total. The standard InChI is InChI=1S/C20H29F3N4O.HI/c1-24-19(26-17-9-10-27(13-17)14-20(21,22)23)25-12-16-8-5-11-28-18(16)15-6-3-2-4-7-15;/h2-4,6-7,16-18H,5,8-14H2,1H3,(H2,24,25,26);1H. The van der Waals surface area contributed by atoms with Crippen molar-refractivity contribution in [1.82, 2.24) is 15.5 Å². The molecule has 0 bridgehead atoms. The van der Waals surface area contributed by atoms with Crippen LogP contribution in [-0.4, -0.2) is 62.9 Å². The number of alkyl halides is 3. The number of hydrogen-bond acceptors (Lipinski definition) is 3. The zero-order valence-corrected chi connectivity index (χ0v) is 19.0. The van der Waals surface area contributed by atoms with Crippen molar-refractivity contribution in [2.24, 2.45) is 10.9 Å². The summed E-state index contributed by atoms with van der Waals surface area (Å²) in [5, 5.41) is 6.61. The smallest absolute Gasteiger partial charge is 0.373 e. The van der Waals surface area contributed by atoms with Crippen molar-refractivity contribution < 1.29 is 17.9 Å². The maximum Gasteiger partial charge on any atom is 0.401 e. The van der Waals surface area contributed by atoms with Crippen molar-refractivity contribution in [2.75, 3.05) is 39.8 Å². The molecule has 0 amide bonds. The highest BCUT2D eigenvalue weighted by Gasteiger charge is 2.34. The number of nitrogens with zero attached hydrogens (tertiary/aromatic N) is 2. The van der Waals surface area contributed by atoms with Crippen LogP contribution in [0.3, 0.4) is 0 Å². The van der Waals surface area contributed by atoms with Crippen molar-refractivity contribution >= 4 is 29.9 Å². The van der Waals surface area contributed by atoms with Gasteiger partial charge in [-0.1, -0.05) is 30.3 Å². The highest BCUT2D eigenvalue weighted by atomic mass is 127.